The summed E-state index contributed by atoms with van der Waals surface area (Å²) >= 11 is 0. The minimum atomic E-state index is -0.112. The van der Waals surface area contributed by atoms with Crippen molar-refractivity contribution in [3.8, 4) is 0 Å². The molecule has 2 rings (SSSR count). The van der Waals surface area contributed by atoms with E-state index >= 15 is 0 Å². The number of hydrogen-bond donors (Lipinski definition) is 2. The third-order valence-electron chi connectivity index (χ3n) is 4.31. The summed E-state index contributed by atoms with van der Waals surface area (Å²) in [6.45, 7) is 5.48. The van der Waals surface area contributed by atoms with Gasteiger partial charge in [0, 0.05) is 19.1 Å². The number of nitrogens with zero attached hydrogens (tertiary/aromatic N) is 2. The van der Waals surface area contributed by atoms with Crippen LogP contribution in [0.4, 0.5) is 0 Å². The summed E-state index contributed by atoms with van der Waals surface area (Å²) in [5, 5.41) is 13.3. The number of aliphatic hydroxyl groups excluding tert-OH is 1. The second-order valence-corrected chi connectivity index (χ2v) is 6.30. The molecular formula is C14H29N3O. The molecule has 0 amide bonds. The number of β-amino-alcohol motifs (C(OH)–C–C–N with tert-alkyl or cyclic N) is 1. The minimum absolute atomic E-state index is 0.112. The van der Waals surface area contributed by atoms with Crippen molar-refractivity contribution < 1.29 is 5.11 Å². The van der Waals surface area contributed by atoms with Crippen LogP contribution in [0.2, 0.25) is 0 Å². The minimum Gasteiger partial charge on any atom is -0.392 e. The maximum absolute atomic E-state index is 9.85. The third kappa shape index (κ3) is 4.19. The van der Waals surface area contributed by atoms with Gasteiger partial charge in [-0.05, 0) is 65.3 Å². The van der Waals surface area contributed by atoms with Crippen molar-refractivity contribution in [3.63, 3.8) is 0 Å². The Kier molecular flexibility index (Phi) is 5.42. The fraction of sp³-hybridized carbons (Fsp3) is 1.00. The lowest BCUT2D eigenvalue weighted by molar-refractivity contribution is 0.165. The van der Waals surface area contributed by atoms with Crippen LogP contribution in [0.15, 0.2) is 0 Å². The van der Waals surface area contributed by atoms with Crippen molar-refractivity contribution in [2.75, 3.05) is 46.8 Å². The molecule has 0 spiro atoms. The molecule has 106 valence electrons. The first kappa shape index (κ1) is 14.3. The lowest BCUT2D eigenvalue weighted by Crippen LogP contribution is -2.39. The molecular weight excluding hydrogens is 226 g/mol. The van der Waals surface area contributed by atoms with E-state index in [-0.39, 0.29) is 6.10 Å². The SMILES string of the molecule is CN(C)CC1CC(O)CN1CCC1CCCNC1. The molecule has 2 N–H and O–H groups in total. The molecule has 0 saturated carbocycles. The van der Waals surface area contributed by atoms with Crippen molar-refractivity contribution in [2.24, 2.45) is 5.92 Å². The summed E-state index contributed by atoms with van der Waals surface area (Å²) in [5.41, 5.74) is 0. The average Bonchev–Trinajstić information content (AvgIpc) is 2.67. The van der Waals surface area contributed by atoms with Gasteiger partial charge in [0.25, 0.3) is 0 Å². The lowest BCUT2D eigenvalue weighted by atomic mass is 9.96. The first-order valence-corrected chi connectivity index (χ1v) is 7.42. The van der Waals surface area contributed by atoms with E-state index in [1.165, 1.54) is 32.4 Å². The molecule has 2 saturated heterocycles. The molecule has 2 aliphatic heterocycles. The predicted molar refractivity (Wildman–Crippen MR) is 74.7 cm³/mol. The van der Waals surface area contributed by atoms with Gasteiger partial charge < -0.3 is 15.3 Å². The van der Waals surface area contributed by atoms with Crippen LogP contribution in [0.3, 0.4) is 0 Å². The van der Waals surface area contributed by atoms with Crippen LogP contribution in [0, 0.1) is 5.92 Å². The molecule has 2 fully saturated rings. The molecule has 2 heterocycles. The molecule has 0 aromatic heterocycles. The summed E-state index contributed by atoms with van der Waals surface area (Å²) in [4.78, 5) is 4.73. The summed E-state index contributed by atoms with van der Waals surface area (Å²) < 4.78 is 0. The molecule has 2 aliphatic rings. The van der Waals surface area contributed by atoms with E-state index in [4.69, 9.17) is 0 Å². The van der Waals surface area contributed by atoms with E-state index in [9.17, 15) is 5.11 Å². The molecule has 4 heteroatoms. The van der Waals surface area contributed by atoms with E-state index in [2.05, 4.69) is 29.2 Å². The van der Waals surface area contributed by atoms with Gasteiger partial charge in [0.1, 0.15) is 0 Å². The Morgan fingerprint density at radius 2 is 2.22 bits per heavy atom. The third-order valence-corrected chi connectivity index (χ3v) is 4.31. The van der Waals surface area contributed by atoms with E-state index < -0.39 is 0 Å². The fourth-order valence-electron chi connectivity index (χ4n) is 3.36. The number of likely N-dealkylation sites (tertiary alicyclic amines) is 1. The fourth-order valence-corrected chi connectivity index (χ4v) is 3.36. The number of piperidine rings is 1. The largest absolute Gasteiger partial charge is 0.392 e. The number of aliphatic hydroxyl groups is 1. The summed E-state index contributed by atoms with van der Waals surface area (Å²) in [5.74, 6) is 0.844. The van der Waals surface area contributed by atoms with Crippen LogP contribution >= 0.6 is 0 Å². The van der Waals surface area contributed by atoms with Crippen molar-refractivity contribution in [1.82, 2.24) is 15.1 Å². The van der Waals surface area contributed by atoms with Gasteiger partial charge in [-0.25, -0.2) is 0 Å². The molecule has 0 radical (unpaired) electrons. The standard InChI is InChI=1S/C14H29N3O/c1-16(2)10-13-8-14(18)11-17(13)7-5-12-4-3-6-15-9-12/h12-15,18H,3-11H2,1-2H3. The van der Waals surface area contributed by atoms with Crippen LogP contribution in [0.1, 0.15) is 25.7 Å². The Balaban J connectivity index is 1.75. The molecule has 3 unspecified atom stereocenters. The molecule has 0 bridgehead atoms. The lowest BCUT2D eigenvalue weighted by Gasteiger charge is -2.29. The Bertz CT molecular complexity index is 241. The Labute approximate surface area is 111 Å². The zero-order chi connectivity index (χ0) is 13.0. The topological polar surface area (TPSA) is 38.7 Å². The van der Waals surface area contributed by atoms with Crippen LogP contribution in [0.5, 0.6) is 0 Å². The van der Waals surface area contributed by atoms with E-state index in [0.717, 1.165) is 32.0 Å². The number of likely N-dealkylation sites (N-methyl/N-ethyl adjacent to an activating group) is 1. The Morgan fingerprint density at radius 1 is 1.39 bits per heavy atom. The van der Waals surface area contributed by atoms with Crippen molar-refractivity contribution >= 4 is 0 Å². The van der Waals surface area contributed by atoms with Crippen molar-refractivity contribution in [3.05, 3.63) is 0 Å². The van der Waals surface area contributed by atoms with Gasteiger partial charge in [-0.3, -0.25) is 4.90 Å². The van der Waals surface area contributed by atoms with Crippen LogP contribution < -0.4 is 5.32 Å². The number of rotatable bonds is 5. The van der Waals surface area contributed by atoms with Gasteiger partial charge in [0.2, 0.25) is 0 Å². The van der Waals surface area contributed by atoms with Gasteiger partial charge in [-0.1, -0.05) is 0 Å². The Morgan fingerprint density at radius 3 is 2.89 bits per heavy atom. The summed E-state index contributed by atoms with van der Waals surface area (Å²) in [6, 6.07) is 0.548. The van der Waals surface area contributed by atoms with E-state index in [1.807, 2.05) is 0 Å². The molecule has 4 nitrogen and oxygen atoms in total. The van der Waals surface area contributed by atoms with Gasteiger partial charge >= 0.3 is 0 Å². The number of nitrogens with one attached hydrogen (secondary N) is 1. The van der Waals surface area contributed by atoms with E-state index in [0.29, 0.717) is 6.04 Å². The molecule has 0 aromatic rings. The quantitative estimate of drug-likeness (QED) is 0.745. The first-order chi connectivity index (χ1) is 8.65. The van der Waals surface area contributed by atoms with Gasteiger partial charge in [-0.2, -0.15) is 0 Å². The van der Waals surface area contributed by atoms with Crippen LogP contribution in [-0.4, -0.2) is 73.9 Å². The van der Waals surface area contributed by atoms with Gasteiger partial charge in [0.15, 0.2) is 0 Å². The summed E-state index contributed by atoms with van der Waals surface area (Å²) in [6.07, 6.45) is 4.82. The highest BCUT2D eigenvalue weighted by molar-refractivity contribution is 4.87. The first-order valence-electron chi connectivity index (χ1n) is 7.42. The van der Waals surface area contributed by atoms with Crippen LogP contribution in [0.25, 0.3) is 0 Å². The highest BCUT2D eigenvalue weighted by Gasteiger charge is 2.31. The zero-order valence-corrected chi connectivity index (χ0v) is 11.9. The number of hydrogen-bond acceptors (Lipinski definition) is 4. The van der Waals surface area contributed by atoms with E-state index in [1.54, 1.807) is 0 Å². The highest BCUT2D eigenvalue weighted by atomic mass is 16.3. The maximum atomic E-state index is 9.85. The van der Waals surface area contributed by atoms with Gasteiger partial charge in [-0.15, -0.1) is 0 Å². The van der Waals surface area contributed by atoms with Crippen molar-refractivity contribution in [1.29, 1.82) is 0 Å². The smallest absolute Gasteiger partial charge is 0.0682 e. The second kappa shape index (κ2) is 6.85. The molecule has 0 aromatic carbocycles. The molecule has 18 heavy (non-hydrogen) atoms. The van der Waals surface area contributed by atoms with Crippen molar-refractivity contribution in [2.45, 2.75) is 37.8 Å². The Hall–Kier alpha value is -0.160. The highest BCUT2D eigenvalue weighted by Crippen LogP contribution is 2.21. The second-order valence-electron chi connectivity index (χ2n) is 6.30. The van der Waals surface area contributed by atoms with Crippen LogP contribution in [-0.2, 0) is 0 Å². The van der Waals surface area contributed by atoms with Gasteiger partial charge in [0.05, 0.1) is 6.10 Å². The molecule has 0 aliphatic carbocycles. The molecule has 3 atom stereocenters. The summed E-state index contributed by atoms with van der Waals surface area (Å²) in [7, 11) is 4.24. The maximum Gasteiger partial charge on any atom is 0.0682 e. The normalized spacial score (nSPS) is 34.3. The monoisotopic (exact) mass is 255 g/mol. The predicted octanol–water partition coefficient (Wildman–Crippen LogP) is 0.373. The average molecular weight is 255 g/mol. The zero-order valence-electron chi connectivity index (χ0n) is 11.9.